The van der Waals surface area contributed by atoms with Crippen molar-refractivity contribution in [3.05, 3.63) is 60.2 Å². The van der Waals surface area contributed by atoms with Crippen molar-refractivity contribution in [1.29, 1.82) is 0 Å². The highest BCUT2D eigenvalue weighted by Crippen LogP contribution is 2.29. The number of amides is 1. The molecular formula is C18H16N2O. The highest BCUT2D eigenvalue weighted by atomic mass is 16.1. The first-order valence-corrected chi connectivity index (χ1v) is 6.88. The quantitative estimate of drug-likeness (QED) is 0.763. The molecule has 104 valence electrons. The molecular weight excluding hydrogens is 260 g/mol. The van der Waals surface area contributed by atoms with Gasteiger partial charge in [0.15, 0.2) is 0 Å². The third-order valence-electron chi connectivity index (χ3n) is 3.44. The number of carbonyl (C=O) groups is 1. The first-order chi connectivity index (χ1) is 10.1. The fourth-order valence-electron chi connectivity index (χ4n) is 2.49. The van der Waals surface area contributed by atoms with Gasteiger partial charge in [0, 0.05) is 17.9 Å². The molecule has 1 heterocycles. The normalized spacial score (nSPS) is 10.6. The molecule has 0 aliphatic rings. The number of rotatable bonds is 2. The predicted octanol–water partition coefficient (Wildman–Crippen LogP) is 4.17. The molecule has 0 fully saturated rings. The number of hydrogen-bond acceptors (Lipinski definition) is 2. The molecule has 0 aliphatic carbocycles. The molecule has 3 nitrogen and oxygen atoms in total. The minimum absolute atomic E-state index is 0.0834. The maximum atomic E-state index is 11.3. The molecule has 1 aromatic heterocycles. The van der Waals surface area contributed by atoms with Gasteiger partial charge in [0.1, 0.15) is 0 Å². The van der Waals surface area contributed by atoms with E-state index < -0.39 is 0 Å². The molecule has 3 aromatic rings. The van der Waals surface area contributed by atoms with E-state index in [4.69, 9.17) is 4.98 Å². The number of aryl methyl sites for hydroxylation is 1. The molecule has 21 heavy (non-hydrogen) atoms. The summed E-state index contributed by atoms with van der Waals surface area (Å²) in [7, 11) is 0. The van der Waals surface area contributed by atoms with Crippen LogP contribution in [0.4, 0.5) is 5.69 Å². The van der Waals surface area contributed by atoms with Crippen molar-refractivity contribution in [2.24, 2.45) is 0 Å². The van der Waals surface area contributed by atoms with Gasteiger partial charge in [0.05, 0.1) is 16.9 Å². The third-order valence-corrected chi connectivity index (χ3v) is 3.44. The van der Waals surface area contributed by atoms with Crippen LogP contribution in [0.3, 0.4) is 0 Å². The summed E-state index contributed by atoms with van der Waals surface area (Å²) >= 11 is 0. The molecule has 0 saturated carbocycles. The van der Waals surface area contributed by atoms with Gasteiger partial charge in [-0.05, 0) is 30.7 Å². The summed E-state index contributed by atoms with van der Waals surface area (Å²) in [4.78, 5) is 16.1. The van der Waals surface area contributed by atoms with E-state index >= 15 is 0 Å². The number of aromatic nitrogens is 1. The van der Waals surface area contributed by atoms with Crippen molar-refractivity contribution in [2.75, 3.05) is 5.32 Å². The Hall–Kier alpha value is -2.68. The van der Waals surface area contributed by atoms with E-state index in [0.717, 1.165) is 27.8 Å². The van der Waals surface area contributed by atoms with Gasteiger partial charge >= 0.3 is 0 Å². The van der Waals surface area contributed by atoms with E-state index in [2.05, 4.69) is 24.4 Å². The van der Waals surface area contributed by atoms with Gasteiger partial charge in [0.25, 0.3) is 0 Å². The second-order valence-electron chi connectivity index (χ2n) is 5.07. The van der Waals surface area contributed by atoms with E-state index in [9.17, 15) is 4.79 Å². The van der Waals surface area contributed by atoms with Crippen molar-refractivity contribution >= 4 is 22.5 Å². The second kappa shape index (κ2) is 5.37. The summed E-state index contributed by atoms with van der Waals surface area (Å²) in [5.41, 5.74) is 4.72. The molecule has 0 spiro atoms. The van der Waals surface area contributed by atoms with Crippen LogP contribution in [-0.4, -0.2) is 10.9 Å². The van der Waals surface area contributed by atoms with Gasteiger partial charge in [-0.2, -0.15) is 0 Å². The largest absolute Gasteiger partial charge is 0.326 e. The van der Waals surface area contributed by atoms with Gasteiger partial charge in [-0.25, -0.2) is 4.98 Å². The molecule has 0 aliphatic heterocycles. The minimum atomic E-state index is -0.0834. The van der Waals surface area contributed by atoms with Crippen LogP contribution in [0.15, 0.2) is 54.6 Å². The standard InChI is InChI=1S/C18H16N2O/c1-12-11-18(20-16-9-5-3-7-14(12)16)15-8-4-6-10-17(15)19-13(2)21/h3-11H,1-2H3,(H,19,21). The van der Waals surface area contributed by atoms with Gasteiger partial charge in [-0.15, -0.1) is 0 Å². The summed E-state index contributed by atoms with van der Waals surface area (Å²) in [6.45, 7) is 3.59. The molecule has 1 amide bonds. The Bertz CT molecular complexity index is 824. The Kier molecular flexibility index (Phi) is 3.40. The summed E-state index contributed by atoms with van der Waals surface area (Å²) in [6, 6.07) is 17.9. The molecule has 0 radical (unpaired) electrons. The summed E-state index contributed by atoms with van der Waals surface area (Å²) in [6.07, 6.45) is 0. The smallest absolute Gasteiger partial charge is 0.221 e. The number of pyridine rings is 1. The zero-order valence-electron chi connectivity index (χ0n) is 12.1. The van der Waals surface area contributed by atoms with Gasteiger partial charge in [0.2, 0.25) is 5.91 Å². The Balaban J connectivity index is 2.19. The Morgan fingerprint density at radius 3 is 2.57 bits per heavy atom. The molecule has 0 bridgehead atoms. The number of nitrogens with zero attached hydrogens (tertiary/aromatic N) is 1. The molecule has 0 atom stereocenters. The van der Waals surface area contributed by atoms with Gasteiger partial charge in [-0.3, -0.25) is 4.79 Å². The van der Waals surface area contributed by atoms with Crippen LogP contribution in [0.25, 0.3) is 22.2 Å². The highest BCUT2D eigenvalue weighted by molar-refractivity contribution is 5.94. The zero-order chi connectivity index (χ0) is 14.8. The Labute approximate surface area is 123 Å². The van der Waals surface area contributed by atoms with E-state index in [1.807, 2.05) is 42.5 Å². The first kappa shape index (κ1) is 13.3. The van der Waals surface area contributed by atoms with Crippen LogP contribution in [0.1, 0.15) is 12.5 Å². The summed E-state index contributed by atoms with van der Waals surface area (Å²) in [5.74, 6) is -0.0834. The lowest BCUT2D eigenvalue weighted by Crippen LogP contribution is -2.07. The lowest BCUT2D eigenvalue weighted by molar-refractivity contribution is -0.114. The SMILES string of the molecule is CC(=O)Nc1ccccc1-c1cc(C)c2ccccc2n1. The maximum absolute atomic E-state index is 11.3. The Morgan fingerprint density at radius 2 is 1.76 bits per heavy atom. The number of hydrogen-bond donors (Lipinski definition) is 1. The number of carbonyl (C=O) groups excluding carboxylic acids is 1. The van der Waals surface area contributed by atoms with Crippen LogP contribution in [-0.2, 0) is 4.79 Å². The minimum Gasteiger partial charge on any atom is -0.326 e. The molecule has 3 rings (SSSR count). The van der Waals surface area contributed by atoms with Crippen LogP contribution >= 0.6 is 0 Å². The molecule has 0 saturated heterocycles. The topological polar surface area (TPSA) is 42.0 Å². The molecule has 3 heteroatoms. The van der Waals surface area contributed by atoms with E-state index in [1.165, 1.54) is 12.5 Å². The van der Waals surface area contributed by atoms with Crippen LogP contribution in [0.2, 0.25) is 0 Å². The van der Waals surface area contributed by atoms with Crippen molar-refractivity contribution in [1.82, 2.24) is 4.98 Å². The summed E-state index contributed by atoms with van der Waals surface area (Å²) < 4.78 is 0. The van der Waals surface area contributed by atoms with Crippen molar-refractivity contribution in [3.63, 3.8) is 0 Å². The van der Waals surface area contributed by atoms with Gasteiger partial charge in [-0.1, -0.05) is 36.4 Å². The number of anilines is 1. The number of fused-ring (bicyclic) bond motifs is 1. The van der Waals surface area contributed by atoms with Crippen molar-refractivity contribution in [2.45, 2.75) is 13.8 Å². The zero-order valence-corrected chi connectivity index (χ0v) is 12.1. The average Bonchev–Trinajstić information content (AvgIpc) is 2.47. The van der Waals surface area contributed by atoms with Crippen molar-refractivity contribution in [3.8, 4) is 11.3 Å². The Morgan fingerprint density at radius 1 is 1.05 bits per heavy atom. The van der Waals surface area contributed by atoms with E-state index in [-0.39, 0.29) is 5.91 Å². The van der Waals surface area contributed by atoms with Crippen LogP contribution in [0, 0.1) is 6.92 Å². The molecule has 1 N–H and O–H groups in total. The lowest BCUT2D eigenvalue weighted by Gasteiger charge is -2.11. The first-order valence-electron chi connectivity index (χ1n) is 6.88. The van der Waals surface area contributed by atoms with E-state index in [0.29, 0.717) is 0 Å². The van der Waals surface area contributed by atoms with E-state index in [1.54, 1.807) is 0 Å². The number of nitrogens with one attached hydrogen (secondary N) is 1. The fraction of sp³-hybridized carbons (Fsp3) is 0.111. The number of benzene rings is 2. The van der Waals surface area contributed by atoms with Gasteiger partial charge < -0.3 is 5.32 Å². The fourth-order valence-corrected chi connectivity index (χ4v) is 2.49. The number of para-hydroxylation sites is 2. The average molecular weight is 276 g/mol. The van der Waals surface area contributed by atoms with Crippen LogP contribution < -0.4 is 5.32 Å². The highest BCUT2D eigenvalue weighted by Gasteiger charge is 2.09. The monoisotopic (exact) mass is 276 g/mol. The predicted molar refractivity (Wildman–Crippen MR) is 86.2 cm³/mol. The molecule has 0 unspecified atom stereocenters. The summed E-state index contributed by atoms with van der Waals surface area (Å²) in [5, 5.41) is 4.01. The lowest BCUT2D eigenvalue weighted by atomic mass is 10.0. The van der Waals surface area contributed by atoms with Crippen LogP contribution in [0.5, 0.6) is 0 Å². The third kappa shape index (κ3) is 2.63. The molecule has 2 aromatic carbocycles. The second-order valence-corrected chi connectivity index (χ2v) is 5.07. The maximum Gasteiger partial charge on any atom is 0.221 e. The van der Waals surface area contributed by atoms with Crippen molar-refractivity contribution < 1.29 is 4.79 Å².